The maximum absolute atomic E-state index is 6.35. The van der Waals surface area contributed by atoms with Gasteiger partial charge in [0.05, 0.1) is 16.7 Å². The molecule has 0 spiro atoms. The molecule has 5 heteroatoms. The summed E-state index contributed by atoms with van der Waals surface area (Å²) in [4.78, 5) is 10.7. The smallest absolute Gasteiger partial charge is 0.163 e. The number of hydrogen-bond acceptors (Lipinski definition) is 4. The van der Waals surface area contributed by atoms with Crippen LogP contribution in [0.4, 0.5) is 0 Å². The van der Waals surface area contributed by atoms with Gasteiger partial charge in [0.15, 0.2) is 5.82 Å². The number of nitrogens with zero attached hydrogens (tertiary/aromatic N) is 3. The SMILES string of the molecule is c1ccc(-c2ccc(-c3cc(-n4c5ccccc5c5cc6oc7ccccc7c6cc54)nc(-c4cccc5c4sc4ccccc45)n3)cc2)cc1. The topological polar surface area (TPSA) is 43.9 Å². The molecule has 0 aliphatic carbocycles. The van der Waals surface area contributed by atoms with Crippen LogP contribution in [-0.4, -0.2) is 14.5 Å². The van der Waals surface area contributed by atoms with Crippen LogP contribution >= 0.6 is 11.3 Å². The minimum Gasteiger partial charge on any atom is -0.456 e. The zero-order chi connectivity index (χ0) is 33.5. The summed E-state index contributed by atoms with van der Waals surface area (Å²) in [6.07, 6.45) is 0. The average molecular weight is 670 g/mol. The van der Waals surface area contributed by atoms with E-state index >= 15 is 0 Å². The van der Waals surface area contributed by atoms with Gasteiger partial charge in [-0.1, -0.05) is 121 Å². The van der Waals surface area contributed by atoms with Crippen LogP contribution in [0.3, 0.4) is 0 Å². The van der Waals surface area contributed by atoms with E-state index in [0.717, 1.165) is 66.4 Å². The van der Waals surface area contributed by atoms with Crippen molar-refractivity contribution in [2.75, 3.05) is 0 Å². The summed E-state index contributed by atoms with van der Waals surface area (Å²) in [6.45, 7) is 0. The fourth-order valence-corrected chi connectivity index (χ4v) is 8.85. The summed E-state index contributed by atoms with van der Waals surface area (Å²) in [5, 5.41) is 6.94. The van der Waals surface area contributed by atoms with Crippen molar-refractivity contribution in [3.8, 4) is 39.6 Å². The van der Waals surface area contributed by atoms with E-state index in [9.17, 15) is 0 Å². The number of rotatable bonds is 4. The van der Waals surface area contributed by atoms with Gasteiger partial charge in [0.2, 0.25) is 0 Å². The molecule has 4 aromatic heterocycles. The molecule has 0 aliphatic heterocycles. The number of aromatic nitrogens is 3. The summed E-state index contributed by atoms with van der Waals surface area (Å²) in [5.74, 6) is 1.52. The minimum atomic E-state index is 0.701. The number of para-hydroxylation sites is 2. The Morgan fingerprint density at radius 2 is 1.16 bits per heavy atom. The van der Waals surface area contributed by atoms with Crippen molar-refractivity contribution in [2.45, 2.75) is 0 Å². The Balaban J connectivity index is 1.20. The number of hydrogen-bond donors (Lipinski definition) is 0. The van der Waals surface area contributed by atoms with E-state index < -0.39 is 0 Å². The van der Waals surface area contributed by atoms with Crippen molar-refractivity contribution in [3.05, 3.63) is 164 Å². The molecule has 0 amide bonds. The van der Waals surface area contributed by atoms with Gasteiger partial charge in [-0.05, 0) is 47.5 Å². The zero-order valence-electron chi connectivity index (χ0n) is 27.2. The Bertz CT molecular complexity index is 3130. The predicted molar refractivity (Wildman–Crippen MR) is 213 cm³/mol. The van der Waals surface area contributed by atoms with Gasteiger partial charge in [0.25, 0.3) is 0 Å². The first-order valence-electron chi connectivity index (χ1n) is 17.1. The highest BCUT2D eigenvalue weighted by Gasteiger charge is 2.20. The molecule has 11 aromatic rings. The van der Waals surface area contributed by atoms with E-state index in [1.54, 1.807) is 11.3 Å². The molecule has 4 nitrogen and oxygen atoms in total. The van der Waals surface area contributed by atoms with E-state index in [-0.39, 0.29) is 0 Å². The molecule has 7 aromatic carbocycles. The van der Waals surface area contributed by atoms with Crippen LogP contribution in [-0.2, 0) is 0 Å². The maximum atomic E-state index is 6.35. The third-order valence-corrected chi connectivity index (χ3v) is 11.3. The Labute approximate surface area is 296 Å². The largest absolute Gasteiger partial charge is 0.456 e. The first-order valence-corrected chi connectivity index (χ1v) is 17.9. The molecule has 11 rings (SSSR count). The molecular weight excluding hydrogens is 643 g/mol. The van der Waals surface area contributed by atoms with Crippen molar-refractivity contribution in [1.82, 2.24) is 14.5 Å². The lowest BCUT2D eigenvalue weighted by atomic mass is 10.0. The van der Waals surface area contributed by atoms with Crippen molar-refractivity contribution in [1.29, 1.82) is 0 Å². The molecule has 0 aliphatic rings. The normalized spacial score (nSPS) is 11.9. The van der Waals surface area contributed by atoms with Crippen LogP contribution < -0.4 is 0 Å². The summed E-state index contributed by atoms with van der Waals surface area (Å²) in [5.41, 5.74) is 9.21. The van der Waals surface area contributed by atoms with Gasteiger partial charge >= 0.3 is 0 Å². The monoisotopic (exact) mass is 669 g/mol. The van der Waals surface area contributed by atoms with Crippen LogP contribution in [0.1, 0.15) is 0 Å². The molecule has 238 valence electrons. The maximum Gasteiger partial charge on any atom is 0.163 e. The number of furan rings is 1. The van der Waals surface area contributed by atoms with Gasteiger partial charge in [-0.2, -0.15) is 0 Å². The van der Waals surface area contributed by atoms with Crippen LogP contribution in [0.25, 0.3) is 104 Å². The molecule has 0 saturated carbocycles. The van der Waals surface area contributed by atoms with Crippen molar-refractivity contribution < 1.29 is 4.42 Å². The lowest BCUT2D eigenvalue weighted by Crippen LogP contribution is -2.02. The summed E-state index contributed by atoms with van der Waals surface area (Å²) in [6, 6.07) is 57.7. The molecule has 0 saturated heterocycles. The van der Waals surface area contributed by atoms with Gasteiger partial charge < -0.3 is 4.42 Å². The van der Waals surface area contributed by atoms with Crippen LogP contribution in [0.15, 0.2) is 168 Å². The molecule has 0 bridgehead atoms. The highest BCUT2D eigenvalue weighted by Crippen LogP contribution is 2.41. The Kier molecular flexibility index (Phi) is 6.09. The van der Waals surface area contributed by atoms with Crippen molar-refractivity contribution in [2.24, 2.45) is 0 Å². The highest BCUT2D eigenvalue weighted by atomic mass is 32.1. The van der Waals surface area contributed by atoms with Crippen LogP contribution in [0, 0.1) is 0 Å². The molecule has 0 N–H and O–H groups in total. The number of benzene rings is 7. The van der Waals surface area contributed by atoms with E-state index in [1.807, 2.05) is 18.2 Å². The third kappa shape index (κ3) is 4.38. The summed E-state index contributed by atoms with van der Waals surface area (Å²) < 4.78 is 11.1. The standard InChI is InChI=1S/C46H27N3OS/c1-2-11-28(12-3-1)29-21-23-30(24-22-29)38-27-44(48-46(47-38)35-17-10-16-34-33-15-6-9-20-43(33)51-45(34)35)49-39-18-7-4-13-31(39)36-26-42-37(25-40(36)49)32-14-5-8-19-41(32)50-42/h1-27H. The Morgan fingerprint density at radius 1 is 0.451 bits per heavy atom. The second-order valence-corrected chi connectivity index (χ2v) is 14.0. The lowest BCUT2D eigenvalue weighted by molar-refractivity contribution is 0.669. The van der Waals surface area contributed by atoms with Crippen LogP contribution in [0.2, 0.25) is 0 Å². The van der Waals surface area contributed by atoms with Gasteiger partial charge in [-0.25, -0.2) is 9.97 Å². The molecule has 51 heavy (non-hydrogen) atoms. The number of fused-ring (bicyclic) bond motifs is 9. The predicted octanol–water partition coefficient (Wildman–Crippen LogP) is 12.8. The molecular formula is C46H27N3OS. The lowest BCUT2D eigenvalue weighted by Gasteiger charge is -2.13. The highest BCUT2D eigenvalue weighted by molar-refractivity contribution is 7.26. The Morgan fingerprint density at radius 3 is 2.04 bits per heavy atom. The van der Waals surface area contributed by atoms with Gasteiger partial charge in [0, 0.05) is 58.9 Å². The van der Waals surface area contributed by atoms with Crippen molar-refractivity contribution in [3.63, 3.8) is 0 Å². The minimum absolute atomic E-state index is 0.701. The summed E-state index contributed by atoms with van der Waals surface area (Å²) >= 11 is 1.80. The molecule has 0 radical (unpaired) electrons. The molecule has 4 heterocycles. The second-order valence-electron chi connectivity index (χ2n) is 13.0. The van der Waals surface area contributed by atoms with E-state index in [0.29, 0.717) is 5.82 Å². The van der Waals surface area contributed by atoms with E-state index in [4.69, 9.17) is 14.4 Å². The quantitative estimate of drug-likeness (QED) is 0.187. The van der Waals surface area contributed by atoms with Gasteiger partial charge in [-0.15, -0.1) is 11.3 Å². The average Bonchev–Trinajstić information content (AvgIpc) is 3.86. The zero-order valence-corrected chi connectivity index (χ0v) is 28.1. The first kappa shape index (κ1) is 28.3. The van der Waals surface area contributed by atoms with E-state index in [2.05, 4.69) is 150 Å². The van der Waals surface area contributed by atoms with E-state index in [1.165, 1.54) is 31.3 Å². The Hall–Kier alpha value is -6.56. The van der Waals surface area contributed by atoms with Gasteiger partial charge in [0.1, 0.15) is 17.0 Å². The van der Waals surface area contributed by atoms with Crippen LogP contribution in [0.5, 0.6) is 0 Å². The third-order valence-electron chi connectivity index (χ3n) is 10.0. The molecule has 0 atom stereocenters. The fraction of sp³-hybridized carbons (Fsp3) is 0. The summed E-state index contributed by atoms with van der Waals surface area (Å²) in [7, 11) is 0. The number of thiophene rings is 1. The first-order chi connectivity index (χ1) is 25.3. The molecule has 0 fully saturated rings. The second kappa shape index (κ2) is 11.0. The fourth-order valence-electron chi connectivity index (χ4n) is 7.64. The van der Waals surface area contributed by atoms with Gasteiger partial charge in [-0.3, -0.25) is 4.57 Å². The van der Waals surface area contributed by atoms with Crippen molar-refractivity contribution >= 4 is 75.3 Å². The molecule has 0 unspecified atom stereocenters.